The van der Waals surface area contributed by atoms with Gasteiger partial charge in [-0.2, -0.15) is 0 Å². The van der Waals surface area contributed by atoms with Crippen molar-refractivity contribution >= 4 is 11.4 Å². The van der Waals surface area contributed by atoms with Crippen LogP contribution >= 0.6 is 0 Å². The van der Waals surface area contributed by atoms with Gasteiger partial charge in [0.15, 0.2) is 0 Å². The number of nitrogens with two attached hydrogens (primary N) is 2. The predicted molar refractivity (Wildman–Crippen MR) is 189 cm³/mol. The molecule has 1 saturated carbocycles. The Bertz CT molecular complexity index is 1310. The van der Waals surface area contributed by atoms with E-state index >= 15 is 0 Å². The number of anilines is 2. The maximum Gasteiger partial charge on any atom is 0.127 e. The van der Waals surface area contributed by atoms with Gasteiger partial charge in [0.25, 0.3) is 0 Å². The number of hydrogen-bond donors (Lipinski definition) is 2. The van der Waals surface area contributed by atoms with E-state index < -0.39 is 0 Å². The van der Waals surface area contributed by atoms with Crippen LogP contribution in [-0.2, 0) is 5.41 Å². The highest BCUT2D eigenvalue weighted by molar-refractivity contribution is 5.47. The lowest BCUT2D eigenvalue weighted by molar-refractivity contribution is 0.250. The maximum absolute atomic E-state index is 6.13. The Morgan fingerprint density at radius 3 is 1.27 bits per heavy atom. The van der Waals surface area contributed by atoms with Gasteiger partial charge in [0.05, 0.1) is 0 Å². The van der Waals surface area contributed by atoms with Gasteiger partial charge in [-0.3, -0.25) is 0 Å². The summed E-state index contributed by atoms with van der Waals surface area (Å²) in [5.74, 6) is 4.08. The number of rotatable bonds is 16. The Hall–Kier alpha value is -3.92. The molecule has 4 N–H and O–H groups in total. The normalized spacial score (nSPS) is 14.7. The molecule has 45 heavy (non-hydrogen) atoms. The van der Waals surface area contributed by atoms with Crippen LogP contribution in [0.3, 0.4) is 0 Å². The summed E-state index contributed by atoms with van der Waals surface area (Å²) in [4.78, 5) is 0. The SMILES string of the molecule is CCCCCCCCCCCC1CCC(c2ccc(Oc3ccc(N)cc3)cc2)(c2ccc(Oc3ccc(N)cc3)cc2)CC1. The first-order valence-corrected chi connectivity index (χ1v) is 17.3. The summed E-state index contributed by atoms with van der Waals surface area (Å²) in [6.45, 7) is 2.29. The van der Waals surface area contributed by atoms with Crippen molar-refractivity contribution < 1.29 is 9.47 Å². The number of ether oxygens (including phenoxy) is 2. The fourth-order valence-electron chi connectivity index (χ4n) is 6.97. The molecular formula is C41H52N2O2. The standard InChI is InChI=1S/C41H52N2O2/c1-2-3-4-5-6-7-8-9-10-11-32-28-30-41(31-29-32,33-12-20-37(21-13-33)44-39-24-16-35(42)17-25-39)34-14-22-38(23-15-34)45-40-26-18-36(43)19-27-40/h12-27,32H,2-11,28-31,42-43H2,1H3. The van der Waals surface area contributed by atoms with E-state index in [1.165, 1.54) is 88.2 Å². The molecular weight excluding hydrogens is 552 g/mol. The van der Waals surface area contributed by atoms with Gasteiger partial charge in [0, 0.05) is 16.8 Å². The zero-order valence-electron chi connectivity index (χ0n) is 27.2. The first kappa shape index (κ1) is 32.5. The van der Waals surface area contributed by atoms with Crippen molar-refractivity contribution in [1.82, 2.24) is 0 Å². The van der Waals surface area contributed by atoms with Crippen LogP contribution in [0.1, 0.15) is 108 Å². The molecule has 0 heterocycles. The van der Waals surface area contributed by atoms with Gasteiger partial charge in [-0.1, -0.05) is 95.4 Å². The van der Waals surface area contributed by atoms with Gasteiger partial charge in [0.2, 0.25) is 0 Å². The second-order valence-electron chi connectivity index (χ2n) is 13.0. The smallest absolute Gasteiger partial charge is 0.127 e. The van der Waals surface area contributed by atoms with Crippen LogP contribution in [0, 0.1) is 5.92 Å². The van der Waals surface area contributed by atoms with Crippen molar-refractivity contribution in [3.05, 3.63) is 108 Å². The van der Waals surface area contributed by atoms with Gasteiger partial charge >= 0.3 is 0 Å². The second-order valence-corrected chi connectivity index (χ2v) is 13.0. The van der Waals surface area contributed by atoms with Crippen LogP contribution in [0.15, 0.2) is 97.1 Å². The molecule has 0 radical (unpaired) electrons. The van der Waals surface area contributed by atoms with E-state index in [-0.39, 0.29) is 5.41 Å². The van der Waals surface area contributed by atoms with Crippen molar-refractivity contribution in [1.29, 1.82) is 0 Å². The van der Waals surface area contributed by atoms with Crippen molar-refractivity contribution in [2.45, 2.75) is 102 Å². The van der Waals surface area contributed by atoms with Gasteiger partial charge < -0.3 is 20.9 Å². The van der Waals surface area contributed by atoms with Crippen LogP contribution in [0.4, 0.5) is 11.4 Å². The average Bonchev–Trinajstić information content (AvgIpc) is 3.07. The minimum atomic E-state index is -0.0194. The fourth-order valence-corrected chi connectivity index (χ4v) is 6.97. The first-order valence-electron chi connectivity index (χ1n) is 17.3. The zero-order chi connectivity index (χ0) is 31.3. The third-order valence-corrected chi connectivity index (χ3v) is 9.72. The van der Waals surface area contributed by atoms with E-state index in [2.05, 4.69) is 55.5 Å². The van der Waals surface area contributed by atoms with E-state index in [1.807, 2.05) is 48.5 Å². The summed E-state index contributed by atoms with van der Waals surface area (Å²) in [6, 6.07) is 32.6. The van der Waals surface area contributed by atoms with Crippen LogP contribution < -0.4 is 20.9 Å². The summed E-state index contributed by atoms with van der Waals surface area (Å²) < 4.78 is 12.3. The van der Waals surface area contributed by atoms with E-state index in [0.29, 0.717) is 0 Å². The number of hydrogen-bond acceptors (Lipinski definition) is 4. The number of unbranched alkanes of at least 4 members (excludes halogenated alkanes) is 8. The molecule has 0 saturated heterocycles. The lowest BCUT2D eigenvalue weighted by atomic mass is 9.62. The molecule has 0 atom stereocenters. The summed E-state index contributed by atoms with van der Waals surface area (Å²) in [5.41, 5.74) is 15.9. The zero-order valence-corrected chi connectivity index (χ0v) is 27.2. The quantitative estimate of drug-likeness (QED) is 0.0986. The largest absolute Gasteiger partial charge is 0.457 e. The third kappa shape index (κ3) is 9.29. The Balaban J connectivity index is 1.24. The summed E-state index contributed by atoms with van der Waals surface area (Å²) in [7, 11) is 0. The van der Waals surface area contributed by atoms with Crippen molar-refractivity contribution in [2.24, 2.45) is 5.92 Å². The number of nitrogen functional groups attached to an aromatic ring is 2. The second kappa shape index (κ2) is 16.4. The molecule has 0 aliphatic heterocycles. The maximum atomic E-state index is 6.13. The molecule has 1 aliphatic rings. The third-order valence-electron chi connectivity index (χ3n) is 9.72. The lowest BCUT2D eigenvalue weighted by Gasteiger charge is -2.41. The molecule has 0 amide bonds. The monoisotopic (exact) mass is 604 g/mol. The summed E-state index contributed by atoms with van der Waals surface area (Å²) >= 11 is 0. The van der Waals surface area contributed by atoms with Crippen molar-refractivity contribution in [2.75, 3.05) is 11.5 Å². The molecule has 0 bridgehead atoms. The van der Waals surface area contributed by atoms with E-state index in [0.717, 1.165) is 53.1 Å². The molecule has 4 aromatic rings. The van der Waals surface area contributed by atoms with Crippen LogP contribution in [0.5, 0.6) is 23.0 Å². The number of benzene rings is 4. The molecule has 1 aliphatic carbocycles. The van der Waals surface area contributed by atoms with Gasteiger partial charge in [0.1, 0.15) is 23.0 Å². The molecule has 238 valence electrons. The molecule has 0 spiro atoms. The van der Waals surface area contributed by atoms with Crippen LogP contribution in [-0.4, -0.2) is 0 Å². The molecule has 1 fully saturated rings. The Labute approximate surface area is 271 Å². The van der Waals surface area contributed by atoms with E-state index in [4.69, 9.17) is 20.9 Å². The highest BCUT2D eigenvalue weighted by Crippen LogP contribution is 2.48. The highest BCUT2D eigenvalue weighted by Gasteiger charge is 2.38. The van der Waals surface area contributed by atoms with Crippen LogP contribution in [0.25, 0.3) is 0 Å². The van der Waals surface area contributed by atoms with Gasteiger partial charge in [-0.15, -0.1) is 0 Å². The minimum Gasteiger partial charge on any atom is -0.457 e. The summed E-state index contributed by atoms with van der Waals surface area (Å²) in [6.07, 6.45) is 18.8. The Morgan fingerprint density at radius 2 is 0.867 bits per heavy atom. The highest BCUT2D eigenvalue weighted by atomic mass is 16.5. The van der Waals surface area contributed by atoms with Crippen LogP contribution in [0.2, 0.25) is 0 Å². The average molecular weight is 605 g/mol. The van der Waals surface area contributed by atoms with Gasteiger partial charge in [-0.25, -0.2) is 0 Å². The minimum absolute atomic E-state index is 0.0194. The predicted octanol–water partition coefficient (Wildman–Crippen LogP) is 11.8. The molecule has 0 aromatic heterocycles. The Kier molecular flexibility index (Phi) is 11.8. The Morgan fingerprint density at radius 1 is 0.511 bits per heavy atom. The van der Waals surface area contributed by atoms with Gasteiger partial charge in [-0.05, 0) is 116 Å². The molecule has 5 rings (SSSR count). The van der Waals surface area contributed by atoms with E-state index in [9.17, 15) is 0 Å². The molecule has 0 unspecified atom stereocenters. The lowest BCUT2D eigenvalue weighted by Crippen LogP contribution is -2.33. The fraction of sp³-hybridized carbons (Fsp3) is 0.415. The van der Waals surface area contributed by atoms with Crippen molar-refractivity contribution in [3.63, 3.8) is 0 Å². The van der Waals surface area contributed by atoms with Crippen molar-refractivity contribution in [3.8, 4) is 23.0 Å². The molecule has 4 heteroatoms. The topological polar surface area (TPSA) is 70.5 Å². The molecule has 4 nitrogen and oxygen atoms in total. The summed E-state index contributed by atoms with van der Waals surface area (Å²) in [5, 5.41) is 0. The first-order chi connectivity index (χ1) is 22.0. The molecule has 4 aromatic carbocycles. The van der Waals surface area contributed by atoms with E-state index in [1.54, 1.807) is 0 Å².